The van der Waals surface area contributed by atoms with Gasteiger partial charge in [-0.15, -0.1) is 11.3 Å². The molecule has 0 bridgehead atoms. The Balaban J connectivity index is 0.989. The third-order valence-corrected chi connectivity index (χ3v) is 17.7. The molecule has 2 aliphatic rings. The molecule has 7 atom stereocenters. The van der Waals surface area contributed by atoms with Crippen LogP contribution in [-0.2, 0) is 35.9 Å². The number of hydrogen-bond acceptors (Lipinski definition) is 10. The molecule has 0 saturated heterocycles. The number of carbonyl (C=O) groups is 2. The molecule has 6 N–H and O–H groups in total. The predicted molar refractivity (Wildman–Crippen MR) is 237 cm³/mol. The number of aliphatic hydroxyl groups excluding tert-OH is 3. The molecular weight excluding hydrogens is 823 g/mol. The van der Waals surface area contributed by atoms with Gasteiger partial charge >= 0.3 is 0 Å². The van der Waals surface area contributed by atoms with E-state index in [0.717, 1.165) is 77.0 Å². The molecule has 1 aromatic carbocycles. The van der Waals surface area contributed by atoms with E-state index >= 15 is 0 Å². The van der Waals surface area contributed by atoms with Crippen molar-refractivity contribution in [3.8, 4) is 0 Å². The number of aliphatic hydroxyl groups is 3. The number of amides is 2. The van der Waals surface area contributed by atoms with E-state index in [-0.39, 0.29) is 38.5 Å². The molecule has 0 unspecified atom stereocenters. The molecule has 0 radical (unpaired) electrons. The van der Waals surface area contributed by atoms with Crippen molar-refractivity contribution >= 4 is 43.0 Å². The summed E-state index contributed by atoms with van der Waals surface area (Å²) in [6.45, 7) is 4.52. The van der Waals surface area contributed by atoms with Gasteiger partial charge in [-0.3, -0.25) is 9.59 Å². The number of benzene rings is 1. The first-order valence-electron chi connectivity index (χ1n) is 22.3. The maximum atomic E-state index is 13.3. The molecule has 60 heavy (non-hydrogen) atoms. The van der Waals surface area contributed by atoms with E-state index in [1.165, 1.54) is 11.6 Å². The Bertz CT molecular complexity index is 1870. The monoisotopic (exact) mass is 893 g/mol. The van der Waals surface area contributed by atoms with Crippen molar-refractivity contribution in [3.05, 3.63) is 59.7 Å². The van der Waals surface area contributed by atoms with Crippen LogP contribution < -0.4 is 10.5 Å². The Morgan fingerprint density at radius 2 is 1.57 bits per heavy atom. The number of hydrogen-bond donors (Lipinski definition) is 5. The minimum Gasteiger partial charge on any atom is -0.393 e. The molecule has 12 nitrogen and oxygen atoms in total. The van der Waals surface area contributed by atoms with Crippen molar-refractivity contribution in [1.82, 2.24) is 10.2 Å². The number of allylic oxidation sites excluding steroid dienone is 2. The zero-order chi connectivity index (χ0) is 43.7. The van der Waals surface area contributed by atoms with E-state index in [1.54, 1.807) is 11.8 Å². The van der Waals surface area contributed by atoms with Gasteiger partial charge < -0.3 is 25.5 Å². The number of sulfonamides is 1. The van der Waals surface area contributed by atoms with Gasteiger partial charge in [0.2, 0.25) is 21.8 Å². The molecule has 2 aromatic rings. The largest absolute Gasteiger partial charge is 0.393 e. The van der Waals surface area contributed by atoms with Gasteiger partial charge in [-0.05, 0) is 108 Å². The molecule has 1 fully saturated rings. The minimum absolute atomic E-state index is 0.00242. The standard InChI is InChI=1S/C45H71N3O9S3/c1-3-48(39-30-33(2)59(54,55)45-38(39)31-44(58-45)60(46,56)57)43(53)24-18-9-7-5-4-6-8-12-19-29-47-42(52)23-17-11-10-16-22-36-37(41(51)32-40(36)50)28-27-35(49)26-25-34-20-14-13-15-21-34/h10,13-16,20-21,31,33,35-37,39-41,49-51H,3-9,11-12,17-19,22-30,32H2,1-2H3,(H,47,52)(H2,46,56,57)/b16-10-/t33-,35+,36+,37+,39-,40-,41+/m0/s1. The van der Waals surface area contributed by atoms with Gasteiger partial charge in [-0.1, -0.05) is 87.4 Å². The van der Waals surface area contributed by atoms with Crippen molar-refractivity contribution < 1.29 is 41.7 Å². The van der Waals surface area contributed by atoms with Crippen molar-refractivity contribution in [2.45, 2.75) is 180 Å². The first kappa shape index (κ1) is 50.0. The van der Waals surface area contributed by atoms with Crippen LogP contribution in [0, 0.1) is 11.8 Å². The number of primary sulfonamides is 1. The Labute approximate surface area is 363 Å². The van der Waals surface area contributed by atoms with Crippen molar-refractivity contribution in [1.29, 1.82) is 0 Å². The molecule has 2 heterocycles. The predicted octanol–water partition coefficient (Wildman–Crippen LogP) is 7.12. The third-order valence-electron chi connectivity index (χ3n) is 12.4. The molecule has 4 rings (SSSR count). The van der Waals surface area contributed by atoms with Gasteiger partial charge in [0.15, 0.2) is 9.84 Å². The SMILES string of the molecule is CCN(C(=O)CCCCCCCCCCCNC(=O)CCC/C=C\C[C@@H]1[C@@H](CC[C@H](O)CCc2ccccc2)[C@H](O)C[C@@H]1O)[C@H]1C[C@H](C)S(=O)(=O)c2sc(S(N)(=O)=O)cc21. The van der Waals surface area contributed by atoms with E-state index in [0.29, 0.717) is 74.9 Å². The Morgan fingerprint density at radius 1 is 0.917 bits per heavy atom. The number of fused-ring (bicyclic) bond motifs is 1. The van der Waals surface area contributed by atoms with Crippen LogP contribution in [0.25, 0.3) is 0 Å². The van der Waals surface area contributed by atoms with E-state index < -0.39 is 49.5 Å². The van der Waals surface area contributed by atoms with Gasteiger partial charge in [0, 0.05) is 31.5 Å². The lowest BCUT2D eigenvalue weighted by Crippen LogP contribution is -2.40. The molecule has 15 heteroatoms. The van der Waals surface area contributed by atoms with Crippen molar-refractivity contribution in [2.24, 2.45) is 17.0 Å². The number of sulfone groups is 1. The molecule has 1 aliphatic heterocycles. The smallest absolute Gasteiger partial charge is 0.247 e. The number of unbranched alkanes of at least 4 members (excludes halogenated alkanes) is 9. The zero-order valence-electron chi connectivity index (χ0n) is 35.8. The summed E-state index contributed by atoms with van der Waals surface area (Å²) in [5.41, 5.74) is 1.56. The number of aryl methyl sites for hydroxylation is 1. The highest BCUT2D eigenvalue weighted by Gasteiger charge is 2.43. The van der Waals surface area contributed by atoms with Gasteiger partial charge in [-0.2, -0.15) is 0 Å². The molecule has 2 amide bonds. The van der Waals surface area contributed by atoms with Crippen molar-refractivity contribution in [2.75, 3.05) is 13.1 Å². The maximum Gasteiger partial charge on any atom is 0.247 e. The van der Waals surface area contributed by atoms with Crippen LogP contribution in [0.5, 0.6) is 0 Å². The highest BCUT2D eigenvalue weighted by atomic mass is 32.3. The summed E-state index contributed by atoms with van der Waals surface area (Å²) >= 11 is 0.671. The summed E-state index contributed by atoms with van der Waals surface area (Å²) < 4.78 is 49.8. The summed E-state index contributed by atoms with van der Waals surface area (Å²) in [6.07, 6.45) is 18.2. The Hall–Kier alpha value is -2.66. The van der Waals surface area contributed by atoms with E-state index in [2.05, 4.69) is 29.6 Å². The summed E-state index contributed by atoms with van der Waals surface area (Å²) in [5, 5.41) is 39.3. The Kier molecular flexibility index (Phi) is 20.7. The van der Waals surface area contributed by atoms with Crippen LogP contribution in [0.2, 0.25) is 0 Å². The van der Waals surface area contributed by atoms with Crippen LogP contribution in [-0.4, -0.2) is 85.5 Å². The number of nitrogens with zero attached hydrogens (tertiary/aromatic N) is 1. The fourth-order valence-corrected chi connectivity index (χ4v) is 13.2. The van der Waals surface area contributed by atoms with Gasteiger partial charge in [0.25, 0.3) is 0 Å². The molecule has 1 aliphatic carbocycles. The van der Waals surface area contributed by atoms with Crippen molar-refractivity contribution in [3.63, 3.8) is 0 Å². The number of carbonyl (C=O) groups excluding carboxylic acids is 2. The van der Waals surface area contributed by atoms with E-state index in [1.807, 2.05) is 25.1 Å². The molecule has 338 valence electrons. The Morgan fingerprint density at radius 3 is 2.23 bits per heavy atom. The van der Waals surface area contributed by atoms with Crippen LogP contribution in [0.4, 0.5) is 0 Å². The summed E-state index contributed by atoms with van der Waals surface area (Å²) in [5.74, 6) is -0.0458. The quantitative estimate of drug-likeness (QED) is 0.0457. The number of nitrogens with one attached hydrogen (secondary N) is 1. The summed E-state index contributed by atoms with van der Waals surface area (Å²) in [4.78, 5) is 27.3. The first-order valence-corrected chi connectivity index (χ1v) is 26.2. The van der Waals surface area contributed by atoms with Gasteiger partial charge in [-0.25, -0.2) is 22.0 Å². The zero-order valence-corrected chi connectivity index (χ0v) is 38.2. The highest BCUT2D eigenvalue weighted by molar-refractivity contribution is 7.95. The second-order valence-electron chi connectivity index (χ2n) is 17.0. The van der Waals surface area contributed by atoms with Crippen LogP contribution >= 0.6 is 11.3 Å². The molecule has 1 saturated carbocycles. The third kappa shape index (κ3) is 15.3. The van der Waals surface area contributed by atoms with E-state index in [4.69, 9.17) is 5.14 Å². The fourth-order valence-electron chi connectivity index (χ4n) is 8.84. The lowest BCUT2D eigenvalue weighted by molar-refractivity contribution is -0.134. The number of thiophene rings is 1. The molecule has 0 spiro atoms. The van der Waals surface area contributed by atoms with E-state index in [9.17, 15) is 41.7 Å². The second kappa shape index (κ2) is 24.8. The average molecular weight is 894 g/mol. The van der Waals surface area contributed by atoms with Crippen LogP contribution in [0.1, 0.15) is 153 Å². The maximum absolute atomic E-state index is 13.3. The first-order chi connectivity index (χ1) is 28.6. The van der Waals surface area contributed by atoms with Gasteiger partial charge in [0.1, 0.15) is 8.42 Å². The van der Waals surface area contributed by atoms with Crippen LogP contribution in [0.3, 0.4) is 0 Å². The topological polar surface area (TPSA) is 204 Å². The summed E-state index contributed by atoms with van der Waals surface area (Å²) in [7, 11) is -7.77. The van der Waals surface area contributed by atoms with Gasteiger partial charge in [0.05, 0.1) is 29.6 Å². The summed E-state index contributed by atoms with van der Waals surface area (Å²) in [6, 6.07) is 10.9. The molecular formula is C45H71N3O9S3. The minimum atomic E-state index is -4.07. The lowest BCUT2D eigenvalue weighted by atomic mass is 9.85. The fraction of sp³-hybridized carbons (Fsp3) is 0.689. The average Bonchev–Trinajstić information content (AvgIpc) is 3.79. The lowest BCUT2D eigenvalue weighted by Gasteiger charge is -2.36. The van der Waals surface area contributed by atoms with Crippen LogP contribution in [0.15, 0.2) is 57.0 Å². The second-order valence-corrected chi connectivity index (χ2v) is 22.4. The normalized spacial score (nSPS) is 23.1. The highest BCUT2D eigenvalue weighted by Crippen LogP contribution is 2.45. The molecule has 1 aromatic heterocycles. The number of nitrogens with two attached hydrogens (primary N) is 1. The number of rotatable bonds is 27.